The van der Waals surface area contributed by atoms with Gasteiger partial charge in [0.1, 0.15) is 17.3 Å². The van der Waals surface area contributed by atoms with Crippen molar-refractivity contribution < 1.29 is 13.9 Å². The van der Waals surface area contributed by atoms with Gasteiger partial charge in [0.05, 0.1) is 7.11 Å². The predicted octanol–water partition coefficient (Wildman–Crippen LogP) is 4.50. The number of guanidine groups is 1. The van der Waals surface area contributed by atoms with Gasteiger partial charge in [-0.25, -0.2) is 9.37 Å². The van der Waals surface area contributed by atoms with Crippen LogP contribution in [0, 0.1) is 5.82 Å². The van der Waals surface area contributed by atoms with Crippen molar-refractivity contribution in [1.29, 1.82) is 0 Å². The van der Waals surface area contributed by atoms with Gasteiger partial charge in [0.15, 0.2) is 5.96 Å². The fourth-order valence-electron chi connectivity index (χ4n) is 2.58. The van der Waals surface area contributed by atoms with Gasteiger partial charge in [0.2, 0.25) is 5.88 Å². The summed E-state index contributed by atoms with van der Waals surface area (Å²) in [5.74, 6) is 2.17. The quantitative estimate of drug-likeness (QED) is 0.272. The molecule has 6 nitrogen and oxygen atoms in total. The fourth-order valence-corrected chi connectivity index (χ4v) is 2.58. The van der Waals surface area contributed by atoms with Gasteiger partial charge >= 0.3 is 0 Å². The number of benzene rings is 2. The minimum Gasteiger partial charge on any atom is -0.497 e. The van der Waals surface area contributed by atoms with E-state index in [1.165, 1.54) is 12.1 Å². The van der Waals surface area contributed by atoms with Crippen LogP contribution in [0.15, 0.2) is 71.9 Å². The molecule has 0 bridgehead atoms. The fraction of sp³-hybridized carbons (Fsp3) is 0.182. The summed E-state index contributed by atoms with van der Waals surface area (Å²) in [5, 5.41) is 6.53. The van der Waals surface area contributed by atoms with Gasteiger partial charge in [-0.15, -0.1) is 24.0 Å². The molecule has 2 aromatic carbocycles. The summed E-state index contributed by atoms with van der Waals surface area (Å²) in [6.45, 7) is 1.18. The van der Waals surface area contributed by atoms with Crippen LogP contribution in [0.3, 0.4) is 0 Å². The van der Waals surface area contributed by atoms with Crippen LogP contribution in [-0.2, 0) is 13.1 Å². The van der Waals surface area contributed by atoms with Crippen LogP contribution in [0.1, 0.15) is 11.1 Å². The number of ether oxygens (including phenoxy) is 2. The van der Waals surface area contributed by atoms with Crippen LogP contribution < -0.4 is 20.1 Å². The molecule has 3 rings (SSSR count). The van der Waals surface area contributed by atoms with Gasteiger partial charge in [-0.2, -0.15) is 0 Å². The molecule has 0 atom stereocenters. The average Bonchev–Trinajstić information content (AvgIpc) is 2.76. The summed E-state index contributed by atoms with van der Waals surface area (Å²) in [4.78, 5) is 8.43. The highest BCUT2D eigenvalue weighted by molar-refractivity contribution is 14.0. The van der Waals surface area contributed by atoms with E-state index in [4.69, 9.17) is 9.47 Å². The second-order valence-corrected chi connectivity index (χ2v) is 6.19. The summed E-state index contributed by atoms with van der Waals surface area (Å²) in [6.07, 6.45) is 1.67. The molecule has 0 aliphatic rings. The molecule has 30 heavy (non-hydrogen) atoms. The molecule has 0 saturated heterocycles. The van der Waals surface area contributed by atoms with E-state index < -0.39 is 0 Å². The monoisotopic (exact) mass is 522 g/mol. The highest BCUT2D eigenvalue weighted by Gasteiger charge is 2.03. The standard InChI is InChI=1S/C22H23FN4O2.HI/c1-24-22(26-14-16-3-7-19(28-2)8-4-16)27-15-17-11-12-25-21(13-17)29-20-9-5-18(23)6-10-20;/h3-13H,14-15H2,1-2H3,(H2,24,26,27);1H. The molecule has 0 amide bonds. The second-order valence-electron chi connectivity index (χ2n) is 6.19. The Balaban J connectivity index is 0.00000320. The molecule has 3 aromatic rings. The molecule has 0 aliphatic carbocycles. The maximum Gasteiger partial charge on any atom is 0.219 e. The van der Waals surface area contributed by atoms with Crippen molar-refractivity contribution >= 4 is 29.9 Å². The van der Waals surface area contributed by atoms with Crippen molar-refractivity contribution in [2.75, 3.05) is 14.2 Å². The third-order valence-electron chi connectivity index (χ3n) is 4.14. The number of pyridine rings is 1. The van der Waals surface area contributed by atoms with E-state index in [1.54, 1.807) is 32.5 Å². The lowest BCUT2D eigenvalue weighted by Crippen LogP contribution is -2.36. The Morgan fingerprint density at radius 1 is 0.933 bits per heavy atom. The van der Waals surface area contributed by atoms with Gasteiger partial charge in [-0.3, -0.25) is 4.99 Å². The zero-order chi connectivity index (χ0) is 20.5. The van der Waals surface area contributed by atoms with Crippen LogP contribution in [0.25, 0.3) is 0 Å². The number of hydrogen-bond donors (Lipinski definition) is 2. The first-order chi connectivity index (χ1) is 14.2. The van der Waals surface area contributed by atoms with Crippen molar-refractivity contribution in [2.45, 2.75) is 13.1 Å². The Bertz CT molecular complexity index is 950. The van der Waals surface area contributed by atoms with Crippen LogP contribution in [-0.4, -0.2) is 25.1 Å². The topological polar surface area (TPSA) is 67.8 Å². The largest absolute Gasteiger partial charge is 0.497 e. The van der Waals surface area contributed by atoms with Crippen molar-refractivity contribution in [1.82, 2.24) is 15.6 Å². The van der Waals surface area contributed by atoms with E-state index in [1.807, 2.05) is 36.4 Å². The minimum atomic E-state index is -0.309. The van der Waals surface area contributed by atoms with Crippen LogP contribution >= 0.6 is 24.0 Å². The van der Waals surface area contributed by atoms with Gasteiger partial charge in [0.25, 0.3) is 0 Å². The minimum absolute atomic E-state index is 0. The summed E-state index contributed by atoms with van der Waals surface area (Å²) in [6, 6.07) is 17.4. The summed E-state index contributed by atoms with van der Waals surface area (Å²) in [7, 11) is 3.37. The van der Waals surface area contributed by atoms with Crippen molar-refractivity contribution in [3.05, 3.63) is 83.8 Å². The summed E-state index contributed by atoms with van der Waals surface area (Å²) in [5.41, 5.74) is 2.09. The Morgan fingerprint density at radius 2 is 1.57 bits per heavy atom. The highest BCUT2D eigenvalue weighted by Crippen LogP contribution is 2.20. The predicted molar refractivity (Wildman–Crippen MR) is 126 cm³/mol. The van der Waals surface area contributed by atoms with Crippen LogP contribution in [0.2, 0.25) is 0 Å². The Hall–Kier alpha value is -2.88. The molecule has 0 radical (unpaired) electrons. The average molecular weight is 522 g/mol. The first kappa shape index (κ1) is 23.4. The third-order valence-corrected chi connectivity index (χ3v) is 4.14. The lowest BCUT2D eigenvalue weighted by atomic mass is 10.2. The van der Waals surface area contributed by atoms with Gasteiger partial charge in [0, 0.05) is 32.4 Å². The van der Waals surface area contributed by atoms with E-state index in [2.05, 4.69) is 20.6 Å². The van der Waals surface area contributed by atoms with E-state index in [-0.39, 0.29) is 29.8 Å². The van der Waals surface area contributed by atoms with E-state index in [0.717, 1.165) is 16.9 Å². The number of nitrogens with one attached hydrogen (secondary N) is 2. The Labute approximate surface area is 192 Å². The molecule has 0 spiro atoms. The number of rotatable bonds is 7. The first-order valence-corrected chi connectivity index (χ1v) is 9.12. The van der Waals surface area contributed by atoms with Crippen molar-refractivity contribution in [3.8, 4) is 17.4 Å². The molecular formula is C22H24FIN4O2. The molecule has 158 valence electrons. The van der Waals surface area contributed by atoms with Crippen LogP contribution in [0.4, 0.5) is 4.39 Å². The lowest BCUT2D eigenvalue weighted by Gasteiger charge is -2.13. The number of aliphatic imine (C=N–C) groups is 1. The number of halogens is 2. The first-order valence-electron chi connectivity index (χ1n) is 9.12. The molecule has 0 aliphatic heterocycles. The number of aromatic nitrogens is 1. The summed E-state index contributed by atoms with van der Waals surface area (Å²) >= 11 is 0. The second kappa shape index (κ2) is 12.0. The SMILES string of the molecule is CN=C(NCc1ccc(OC)cc1)NCc1ccnc(Oc2ccc(F)cc2)c1.I. The highest BCUT2D eigenvalue weighted by atomic mass is 127. The van der Waals surface area contributed by atoms with Crippen LogP contribution in [0.5, 0.6) is 17.4 Å². The maximum atomic E-state index is 13.0. The molecule has 0 fully saturated rings. The van der Waals surface area contributed by atoms with Gasteiger partial charge in [-0.1, -0.05) is 12.1 Å². The van der Waals surface area contributed by atoms with E-state index in [9.17, 15) is 4.39 Å². The van der Waals surface area contributed by atoms with Gasteiger partial charge < -0.3 is 20.1 Å². The zero-order valence-corrected chi connectivity index (χ0v) is 19.1. The number of nitrogens with zero attached hydrogens (tertiary/aromatic N) is 2. The maximum absolute atomic E-state index is 13.0. The molecule has 0 unspecified atom stereocenters. The molecular weight excluding hydrogens is 498 g/mol. The van der Waals surface area contributed by atoms with Crippen molar-refractivity contribution in [3.63, 3.8) is 0 Å². The Morgan fingerprint density at radius 3 is 2.20 bits per heavy atom. The molecule has 1 heterocycles. The number of hydrogen-bond acceptors (Lipinski definition) is 4. The Kier molecular flexibility index (Phi) is 9.33. The van der Waals surface area contributed by atoms with Gasteiger partial charge in [-0.05, 0) is 53.6 Å². The number of methoxy groups -OCH3 is 1. The van der Waals surface area contributed by atoms with E-state index in [0.29, 0.717) is 30.7 Å². The molecule has 1 aromatic heterocycles. The normalized spacial score (nSPS) is 10.7. The van der Waals surface area contributed by atoms with Crippen molar-refractivity contribution in [2.24, 2.45) is 4.99 Å². The molecule has 0 saturated carbocycles. The summed E-state index contributed by atoms with van der Waals surface area (Å²) < 4.78 is 23.8. The van der Waals surface area contributed by atoms with E-state index >= 15 is 0 Å². The molecule has 8 heteroatoms. The zero-order valence-electron chi connectivity index (χ0n) is 16.8. The lowest BCUT2D eigenvalue weighted by molar-refractivity contribution is 0.414. The third kappa shape index (κ3) is 7.18. The smallest absolute Gasteiger partial charge is 0.219 e. The molecule has 2 N–H and O–H groups in total.